The fourth-order valence-corrected chi connectivity index (χ4v) is 6.10. The lowest BCUT2D eigenvalue weighted by Gasteiger charge is -2.25. The van der Waals surface area contributed by atoms with Crippen LogP contribution in [-0.4, -0.2) is 56.7 Å². The number of rotatable bonds is 16. The second kappa shape index (κ2) is 17.4. The molecule has 52 heavy (non-hydrogen) atoms. The molecule has 0 aliphatic carbocycles. The van der Waals surface area contributed by atoms with Crippen molar-refractivity contribution in [3.05, 3.63) is 150 Å². The first-order valence-corrected chi connectivity index (χ1v) is 18.0. The summed E-state index contributed by atoms with van der Waals surface area (Å²) >= 11 is 0. The summed E-state index contributed by atoms with van der Waals surface area (Å²) in [6.45, 7) is 0. The van der Waals surface area contributed by atoms with Crippen molar-refractivity contribution >= 4 is 42.3 Å². The number of phosphoric ester groups is 1. The molecule has 12 nitrogen and oxygen atoms in total. The summed E-state index contributed by atoms with van der Waals surface area (Å²) in [5, 5.41) is 20.1. The standard InChI is InChI=1S/C39H38N3O9P/c43-36(25-29-15-18-30-13-7-8-14-31(30)21-29)40-33(22-26-9-3-1-4-10-26)37(44)41-34(23-27-11-5-2-6-12-27)38(45)42-35(39(46)47)24-28-16-19-32(20-17-28)51-52(48,49)50/h1-21,33-35H,22-25H2,(H,40,43)(H,41,44)(H,42,45)(H,46,47)(H2,48,49,50)/t33-,34-,35+/m0/s1. The van der Waals surface area contributed by atoms with Crippen LogP contribution >= 0.6 is 7.82 Å². The summed E-state index contributed by atoms with van der Waals surface area (Å²) in [6, 6.07) is 33.2. The summed E-state index contributed by atoms with van der Waals surface area (Å²) in [4.78, 5) is 71.4. The maximum atomic E-state index is 14.0. The lowest BCUT2D eigenvalue weighted by Crippen LogP contribution is -2.57. The van der Waals surface area contributed by atoms with E-state index in [1.807, 2.05) is 72.8 Å². The van der Waals surface area contributed by atoms with Crippen LogP contribution in [0.2, 0.25) is 0 Å². The van der Waals surface area contributed by atoms with Crippen molar-refractivity contribution in [1.29, 1.82) is 0 Å². The second-order valence-electron chi connectivity index (χ2n) is 12.2. The van der Waals surface area contributed by atoms with Gasteiger partial charge in [-0.3, -0.25) is 24.2 Å². The van der Waals surface area contributed by atoms with Crippen molar-refractivity contribution in [2.45, 2.75) is 43.8 Å². The topological polar surface area (TPSA) is 191 Å². The third-order valence-electron chi connectivity index (χ3n) is 8.23. The molecular formula is C39H38N3O9P. The van der Waals surface area contributed by atoms with Gasteiger partial charge in [0.15, 0.2) is 0 Å². The predicted molar refractivity (Wildman–Crippen MR) is 194 cm³/mol. The number of hydrogen-bond acceptors (Lipinski definition) is 6. The number of carbonyl (C=O) groups excluding carboxylic acids is 3. The number of hydrogen-bond donors (Lipinski definition) is 6. The predicted octanol–water partition coefficient (Wildman–Crippen LogP) is 4.12. The van der Waals surface area contributed by atoms with E-state index in [-0.39, 0.29) is 31.4 Å². The Morgan fingerprint density at radius 2 is 1.02 bits per heavy atom. The number of phosphoric acid groups is 1. The molecule has 6 N–H and O–H groups in total. The Kier molecular flexibility index (Phi) is 12.5. The maximum Gasteiger partial charge on any atom is 0.524 e. The Bertz CT molecular complexity index is 2050. The highest BCUT2D eigenvalue weighted by atomic mass is 31.2. The minimum atomic E-state index is -4.79. The molecule has 5 aromatic rings. The van der Waals surface area contributed by atoms with Gasteiger partial charge < -0.3 is 25.6 Å². The average molecular weight is 724 g/mol. The molecular weight excluding hydrogens is 685 g/mol. The minimum Gasteiger partial charge on any atom is -0.480 e. The fourth-order valence-electron chi connectivity index (χ4n) is 5.70. The molecule has 0 aliphatic heterocycles. The number of amides is 3. The lowest BCUT2D eigenvalue weighted by atomic mass is 10.0. The molecule has 0 bridgehead atoms. The molecule has 268 valence electrons. The van der Waals surface area contributed by atoms with Crippen molar-refractivity contribution in [1.82, 2.24) is 16.0 Å². The quantitative estimate of drug-likeness (QED) is 0.0814. The van der Waals surface area contributed by atoms with E-state index in [4.69, 9.17) is 9.79 Å². The number of benzene rings is 5. The molecule has 0 radical (unpaired) electrons. The largest absolute Gasteiger partial charge is 0.524 e. The van der Waals surface area contributed by atoms with Gasteiger partial charge in [-0.2, -0.15) is 0 Å². The van der Waals surface area contributed by atoms with Gasteiger partial charge in [-0.1, -0.05) is 115 Å². The average Bonchev–Trinajstić information content (AvgIpc) is 3.11. The van der Waals surface area contributed by atoms with Crippen LogP contribution in [-0.2, 0) is 49.4 Å². The number of carbonyl (C=O) groups is 4. The van der Waals surface area contributed by atoms with Crippen molar-refractivity contribution in [2.75, 3.05) is 0 Å². The van der Waals surface area contributed by atoms with Crippen molar-refractivity contribution < 1.29 is 43.2 Å². The van der Waals surface area contributed by atoms with Crippen LogP contribution in [0, 0.1) is 0 Å². The van der Waals surface area contributed by atoms with Crippen LogP contribution in [0.15, 0.2) is 127 Å². The van der Waals surface area contributed by atoms with Crippen LogP contribution in [0.3, 0.4) is 0 Å². The highest BCUT2D eigenvalue weighted by Gasteiger charge is 2.30. The second-order valence-corrected chi connectivity index (χ2v) is 13.4. The zero-order valence-electron chi connectivity index (χ0n) is 27.9. The molecule has 0 fully saturated rings. The molecule has 5 rings (SSSR count). The number of carboxylic acids is 1. The van der Waals surface area contributed by atoms with E-state index in [0.29, 0.717) is 11.1 Å². The van der Waals surface area contributed by atoms with Gasteiger partial charge in [-0.05, 0) is 45.2 Å². The first-order valence-electron chi connectivity index (χ1n) is 16.4. The van der Waals surface area contributed by atoms with Crippen LogP contribution in [0.1, 0.15) is 22.3 Å². The van der Waals surface area contributed by atoms with Crippen molar-refractivity contribution in [2.24, 2.45) is 0 Å². The first-order chi connectivity index (χ1) is 24.9. The molecule has 13 heteroatoms. The lowest BCUT2D eigenvalue weighted by molar-refractivity contribution is -0.142. The summed E-state index contributed by atoms with van der Waals surface area (Å²) in [7, 11) is -4.79. The van der Waals surface area contributed by atoms with Gasteiger partial charge in [0.05, 0.1) is 6.42 Å². The van der Waals surface area contributed by atoms with Crippen molar-refractivity contribution in [3.8, 4) is 5.75 Å². The van der Waals surface area contributed by atoms with E-state index < -0.39 is 49.6 Å². The Morgan fingerprint density at radius 3 is 1.58 bits per heavy atom. The van der Waals surface area contributed by atoms with E-state index >= 15 is 0 Å². The van der Waals surface area contributed by atoms with Gasteiger partial charge in [0, 0.05) is 19.3 Å². The zero-order valence-corrected chi connectivity index (χ0v) is 28.8. The Morgan fingerprint density at radius 1 is 0.558 bits per heavy atom. The Hall–Kier alpha value is -5.81. The molecule has 0 aromatic heterocycles. The molecule has 0 saturated heterocycles. The zero-order chi connectivity index (χ0) is 37.1. The number of nitrogens with one attached hydrogen (secondary N) is 3. The van der Waals surface area contributed by atoms with E-state index in [1.165, 1.54) is 24.3 Å². The van der Waals surface area contributed by atoms with Crippen LogP contribution in [0.4, 0.5) is 0 Å². The van der Waals surface area contributed by atoms with Gasteiger partial charge in [0.25, 0.3) is 0 Å². The molecule has 3 amide bonds. The number of carboxylic acid groups (broad SMARTS) is 1. The van der Waals surface area contributed by atoms with Crippen LogP contribution in [0.5, 0.6) is 5.75 Å². The third kappa shape index (κ3) is 11.4. The minimum absolute atomic E-state index is 0.0179. The monoisotopic (exact) mass is 723 g/mol. The molecule has 0 saturated carbocycles. The van der Waals surface area contributed by atoms with E-state index in [0.717, 1.165) is 21.9 Å². The normalized spacial score (nSPS) is 13.0. The highest BCUT2D eigenvalue weighted by molar-refractivity contribution is 7.46. The Balaban J connectivity index is 1.33. The number of aliphatic carboxylic acids is 1. The molecule has 3 atom stereocenters. The highest BCUT2D eigenvalue weighted by Crippen LogP contribution is 2.37. The van der Waals surface area contributed by atoms with Crippen molar-refractivity contribution in [3.63, 3.8) is 0 Å². The van der Waals surface area contributed by atoms with Gasteiger partial charge in [-0.15, -0.1) is 0 Å². The number of fused-ring (bicyclic) bond motifs is 1. The van der Waals surface area contributed by atoms with Gasteiger partial charge in [-0.25, -0.2) is 9.36 Å². The van der Waals surface area contributed by atoms with Gasteiger partial charge in [0.2, 0.25) is 17.7 Å². The molecule has 5 aromatic carbocycles. The fraction of sp³-hybridized carbons (Fsp3) is 0.179. The van der Waals surface area contributed by atoms with E-state index in [9.17, 15) is 28.8 Å². The van der Waals surface area contributed by atoms with Crippen LogP contribution < -0.4 is 20.5 Å². The SMILES string of the molecule is O=C(Cc1ccc2ccccc2c1)N[C@@H](Cc1ccccc1)C(=O)N[C@@H](Cc1ccccc1)C(=O)N[C@H](Cc1ccc(OP(=O)(O)O)cc1)C(=O)O. The summed E-state index contributed by atoms with van der Waals surface area (Å²) in [6.07, 6.45) is 0.00626. The summed E-state index contributed by atoms with van der Waals surface area (Å²) in [5.41, 5.74) is 2.68. The van der Waals surface area contributed by atoms with Crippen LogP contribution in [0.25, 0.3) is 10.8 Å². The first kappa shape index (κ1) is 37.4. The van der Waals surface area contributed by atoms with Gasteiger partial charge in [0.1, 0.15) is 23.9 Å². The Labute approximate surface area is 300 Å². The van der Waals surface area contributed by atoms with E-state index in [2.05, 4.69) is 20.5 Å². The molecule has 0 spiro atoms. The third-order valence-corrected chi connectivity index (χ3v) is 8.68. The van der Waals surface area contributed by atoms with E-state index in [1.54, 1.807) is 30.3 Å². The molecule has 0 unspecified atom stereocenters. The smallest absolute Gasteiger partial charge is 0.480 e. The molecule has 0 aliphatic rings. The maximum absolute atomic E-state index is 14.0. The van der Waals surface area contributed by atoms with Gasteiger partial charge >= 0.3 is 13.8 Å². The summed E-state index contributed by atoms with van der Waals surface area (Å²) in [5.74, 6) is -3.23. The molecule has 0 heterocycles. The summed E-state index contributed by atoms with van der Waals surface area (Å²) < 4.78 is 15.7.